The first kappa shape index (κ1) is 21.0. The van der Waals surface area contributed by atoms with Crippen molar-refractivity contribution in [2.75, 3.05) is 13.6 Å². The molecular formula is C21H25IN4O. The van der Waals surface area contributed by atoms with Gasteiger partial charge in [0.25, 0.3) is 0 Å². The van der Waals surface area contributed by atoms with Crippen molar-refractivity contribution in [1.29, 1.82) is 0 Å². The average Bonchev–Trinajstić information content (AvgIpc) is 3.18. The molecule has 1 heterocycles. The molecule has 0 bridgehead atoms. The summed E-state index contributed by atoms with van der Waals surface area (Å²) in [6.07, 6.45) is 2.10. The third-order valence-corrected chi connectivity index (χ3v) is 4.06. The molecule has 0 spiro atoms. The number of guanidine groups is 1. The first-order valence-electron chi connectivity index (χ1n) is 8.84. The zero-order chi connectivity index (χ0) is 18.0. The fraction of sp³-hybridized carbons (Fsp3) is 0.238. The second kappa shape index (κ2) is 11.4. The number of nitrogens with zero attached hydrogens (tertiary/aromatic N) is 2. The largest absolute Gasteiger partial charge is 0.356 e. The van der Waals surface area contributed by atoms with E-state index in [1.54, 1.807) is 7.05 Å². The van der Waals surface area contributed by atoms with Crippen LogP contribution in [0.4, 0.5) is 0 Å². The normalized spacial score (nSPS) is 10.9. The van der Waals surface area contributed by atoms with Crippen molar-refractivity contribution < 1.29 is 4.52 Å². The lowest BCUT2D eigenvalue weighted by molar-refractivity contribution is 0.422. The maximum Gasteiger partial charge on any atom is 0.191 e. The van der Waals surface area contributed by atoms with Crippen molar-refractivity contribution in [3.63, 3.8) is 0 Å². The number of rotatable bonds is 7. The second-order valence-corrected chi connectivity index (χ2v) is 5.99. The quantitative estimate of drug-likeness (QED) is 0.232. The van der Waals surface area contributed by atoms with E-state index in [-0.39, 0.29) is 24.0 Å². The summed E-state index contributed by atoms with van der Waals surface area (Å²) >= 11 is 0. The van der Waals surface area contributed by atoms with Gasteiger partial charge in [-0.2, -0.15) is 0 Å². The Kier molecular flexibility index (Phi) is 8.83. The Morgan fingerprint density at radius 2 is 1.70 bits per heavy atom. The van der Waals surface area contributed by atoms with Gasteiger partial charge in [0.15, 0.2) is 11.7 Å². The summed E-state index contributed by atoms with van der Waals surface area (Å²) in [6, 6.07) is 22.4. The summed E-state index contributed by atoms with van der Waals surface area (Å²) < 4.78 is 5.41. The minimum absolute atomic E-state index is 0. The molecule has 0 aliphatic rings. The van der Waals surface area contributed by atoms with E-state index >= 15 is 0 Å². The van der Waals surface area contributed by atoms with Crippen molar-refractivity contribution in [2.45, 2.75) is 19.4 Å². The zero-order valence-corrected chi connectivity index (χ0v) is 17.7. The van der Waals surface area contributed by atoms with Crippen LogP contribution in [0.3, 0.4) is 0 Å². The Hall–Kier alpha value is -2.35. The highest BCUT2D eigenvalue weighted by molar-refractivity contribution is 14.0. The van der Waals surface area contributed by atoms with E-state index in [0.29, 0.717) is 6.54 Å². The van der Waals surface area contributed by atoms with Crippen LogP contribution in [-0.4, -0.2) is 24.7 Å². The Labute approximate surface area is 177 Å². The highest BCUT2D eigenvalue weighted by atomic mass is 127. The smallest absolute Gasteiger partial charge is 0.191 e. The molecule has 6 heteroatoms. The third-order valence-electron chi connectivity index (χ3n) is 4.06. The predicted octanol–water partition coefficient (Wildman–Crippen LogP) is 4.26. The zero-order valence-electron chi connectivity index (χ0n) is 15.4. The van der Waals surface area contributed by atoms with Crippen molar-refractivity contribution in [3.05, 3.63) is 78.0 Å². The van der Waals surface area contributed by atoms with Crippen molar-refractivity contribution in [1.82, 2.24) is 15.8 Å². The summed E-state index contributed by atoms with van der Waals surface area (Å²) in [5.74, 6) is 1.54. The monoisotopic (exact) mass is 476 g/mol. The van der Waals surface area contributed by atoms with E-state index in [2.05, 4.69) is 45.0 Å². The summed E-state index contributed by atoms with van der Waals surface area (Å²) in [6.45, 7) is 1.43. The third kappa shape index (κ3) is 6.71. The van der Waals surface area contributed by atoms with Gasteiger partial charge in [-0.1, -0.05) is 65.8 Å². The van der Waals surface area contributed by atoms with E-state index < -0.39 is 0 Å². The minimum Gasteiger partial charge on any atom is -0.356 e. The van der Waals surface area contributed by atoms with Gasteiger partial charge in [0.05, 0.1) is 6.54 Å². The molecule has 0 aliphatic carbocycles. The molecule has 1 aromatic heterocycles. The lowest BCUT2D eigenvalue weighted by atomic mass is 10.1. The molecule has 0 saturated heterocycles. The van der Waals surface area contributed by atoms with Crippen molar-refractivity contribution >= 4 is 29.9 Å². The van der Waals surface area contributed by atoms with Crippen LogP contribution in [0.25, 0.3) is 11.3 Å². The molecule has 0 aliphatic heterocycles. The molecule has 0 radical (unpaired) electrons. The van der Waals surface area contributed by atoms with Crippen LogP contribution in [0.2, 0.25) is 0 Å². The molecule has 2 aromatic carbocycles. The van der Waals surface area contributed by atoms with Gasteiger partial charge in [-0.25, -0.2) is 0 Å². The SMILES string of the molecule is CN=C(NCCCc1ccccc1)NCc1cc(-c2ccccc2)on1.I. The standard InChI is InChI=1S/C21H24N4O.HI/c1-22-21(23-14-8-11-17-9-4-2-5-10-17)24-16-19-15-20(26-25-19)18-12-6-3-7-13-18;/h2-7,9-10,12-13,15H,8,11,14,16H2,1H3,(H2,22,23,24);1H. The van der Waals surface area contributed by atoms with Crippen LogP contribution in [0, 0.1) is 0 Å². The number of aliphatic imine (C=N–C) groups is 1. The molecule has 2 N–H and O–H groups in total. The number of aryl methyl sites for hydroxylation is 1. The summed E-state index contributed by atoms with van der Waals surface area (Å²) in [5.41, 5.74) is 3.22. The molecule has 0 fully saturated rings. The van der Waals surface area contributed by atoms with Gasteiger partial charge in [-0.05, 0) is 18.4 Å². The second-order valence-electron chi connectivity index (χ2n) is 5.99. The fourth-order valence-electron chi connectivity index (χ4n) is 2.67. The highest BCUT2D eigenvalue weighted by Gasteiger charge is 2.07. The summed E-state index contributed by atoms with van der Waals surface area (Å²) in [4.78, 5) is 4.25. The highest BCUT2D eigenvalue weighted by Crippen LogP contribution is 2.19. The molecule has 3 rings (SSSR count). The van der Waals surface area contributed by atoms with E-state index in [1.165, 1.54) is 5.56 Å². The van der Waals surface area contributed by atoms with Gasteiger partial charge in [-0.3, -0.25) is 4.99 Å². The first-order valence-corrected chi connectivity index (χ1v) is 8.84. The fourth-order valence-corrected chi connectivity index (χ4v) is 2.67. The van der Waals surface area contributed by atoms with Crippen molar-refractivity contribution in [2.24, 2.45) is 4.99 Å². The molecule has 3 aromatic rings. The molecule has 5 nitrogen and oxygen atoms in total. The molecule has 142 valence electrons. The maximum absolute atomic E-state index is 5.41. The summed E-state index contributed by atoms with van der Waals surface area (Å²) in [5, 5.41) is 10.7. The molecule has 0 saturated carbocycles. The molecule has 27 heavy (non-hydrogen) atoms. The summed E-state index contributed by atoms with van der Waals surface area (Å²) in [7, 11) is 1.77. The Morgan fingerprint density at radius 3 is 2.41 bits per heavy atom. The van der Waals surface area contributed by atoms with Crippen LogP contribution < -0.4 is 10.6 Å². The van der Waals surface area contributed by atoms with E-state index in [4.69, 9.17) is 4.52 Å². The van der Waals surface area contributed by atoms with E-state index in [0.717, 1.165) is 42.4 Å². The number of halogens is 1. The van der Waals surface area contributed by atoms with Crippen LogP contribution in [0.15, 0.2) is 76.2 Å². The molecular weight excluding hydrogens is 451 g/mol. The van der Waals surface area contributed by atoms with Gasteiger partial charge in [0.1, 0.15) is 5.69 Å². The molecule has 0 amide bonds. The lowest BCUT2D eigenvalue weighted by Crippen LogP contribution is -2.37. The maximum atomic E-state index is 5.41. The van der Waals surface area contributed by atoms with Gasteiger partial charge >= 0.3 is 0 Å². The predicted molar refractivity (Wildman–Crippen MR) is 120 cm³/mol. The van der Waals surface area contributed by atoms with Gasteiger partial charge < -0.3 is 15.2 Å². The Bertz CT molecular complexity index is 818. The Morgan fingerprint density at radius 1 is 1.00 bits per heavy atom. The molecule has 0 atom stereocenters. The van der Waals surface area contributed by atoms with E-state index in [1.807, 2.05) is 42.5 Å². The van der Waals surface area contributed by atoms with Crippen LogP contribution in [0.1, 0.15) is 17.7 Å². The Balaban J connectivity index is 0.00000261. The number of aromatic nitrogens is 1. The van der Waals surface area contributed by atoms with Gasteiger partial charge in [-0.15, -0.1) is 24.0 Å². The number of hydrogen-bond donors (Lipinski definition) is 2. The number of hydrogen-bond acceptors (Lipinski definition) is 3. The minimum atomic E-state index is 0. The topological polar surface area (TPSA) is 62.5 Å². The van der Waals surface area contributed by atoms with Gasteiger partial charge in [0.2, 0.25) is 0 Å². The van der Waals surface area contributed by atoms with Gasteiger partial charge in [0, 0.05) is 25.2 Å². The van der Waals surface area contributed by atoms with Crippen molar-refractivity contribution in [3.8, 4) is 11.3 Å². The van der Waals surface area contributed by atoms with Crippen LogP contribution in [-0.2, 0) is 13.0 Å². The number of benzene rings is 2. The lowest BCUT2D eigenvalue weighted by Gasteiger charge is -2.10. The first-order chi connectivity index (χ1) is 12.8. The molecule has 0 unspecified atom stereocenters. The van der Waals surface area contributed by atoms with Crippen LogP contribution >= 0.6 is 24.0 Å². The van der Waals surface area contributed by atoms with Crippen LogP contribution in [0.5, 0.6) is 0 Å². The average molecular weight is 476 g/mol. The van der Waals surface area contributed by atoms with E-state index in [9.17, 15) is 0 Å². The number of nitrogens with one attached hydrogen (secondary N) is 2.